The zero-order valence-corrected chi connectivity index (χ0v) is 5.91. The summed E-state index contributed by atoms with van der Waals surface area (Å²) in [5.41, 5.74) is 1.48. The second-order valence-corrected chi connectivity index (χ2v) is 2.09. The van der Waals surface area contributed by atoms with Crippen molar-refractivity contribution in [3.05, 3.63) is 18.6 Å². The van der Waals surface area contributed by atoms with E-state index in [9.17, 15) is 0 Å². The second-order valence-electron chi connectivity index (χ2n) is 2.09. The van der Waals surface area contributed by atoms with Crippen LogP contribution in [0.25, 0.3) is 0 Å². The van der Waals surface area contributed by atoms with Gasteiger partial charge in [0.25, 0.3) is 0 Å². The van der Waals surface area contributed by atoms with Crippen LogP contribution < -0.4 is 0 Å². The zero-order chi connectivity index (χ0) is 6.41. The average molecular weight is 111 g/mol. The van der Waals surface area contributed by atoms with Crippen molar-refractivity contribution < 1.29 is 0 Å². The standard InChI is InChI=1S/C8H15/c1-4-6-7-8(3)5-2/h5H,1,4,6-7H2,2-3H3. The molecule has 0 aromatic carbocycles. The molecule has 0 atom stereocenters. The van der Waals surface area contributed by atoms with E-state index in [1.165, 1.54) is 18.4 Å². The predicted molar refractivity (Wildman–Crippen MR) is 38.6 cm³/mol. The van der Waals surface area contributed by atoms with Crippen LogP contribution in [0.4, 0.5) is 0 Å². The maximum Gasteiger partial charge on any atom is -0.0323 e. The summed E-state index contributed by atoms with van der Waals surface area (Å²) in [7, 11) is 0. The Kier molecular flexibility index (Phi) is 4.73. The van der Waals surface area contributed by atoms with Gasteiger partial charge in [0.1, 0.15) is 0 Å². The minimum absolute atomic E-state index is 1.06. The molecule has 0 spiro atoms. The first-order chi connectivity index (χ1) is 3.81. The number of unbranched alkanes of at least 4 members (excludes halogenated alkanes) is 1. The maximum absolute atomic E-state index is 3.76. The van der Waals surface area contributed by atoms with Gasteiger partial charge in [-0.3, -0.25) is 0 Å². The van der Waals surface area contributed by atoms with E-state index >= 15 is 0 Å². The first-order valence-electron chi connectivity index (χ1n) is 3.22. The Bertz CT molecular complexity index is 70.1. The molecule has 0 heterocycles. The third-order valence-corrected chi connectivity index (χ3v) is 1.31. The summed E-state index contributed by atoms with van der Waals surface area (Å²) in [5.74, 6) is 0. The molecule has 0 nitrogen and oxygen atoms in total. The Hall–Kier alpha value is -0.260. The first-order valence-corrected chi connectivity index (χ1v) is 3.22. The lowest BCUT2D eigenvalue weighted by molar-refractivity contribution is 0.829. The minimum atomic E-state index is 1.06. The van der Waals surface area contributed by atoms with Crippen LogP contribution >= 0.6 is 0 Å². The summed E-state index contributed by atoms with van der Waals surface area (Å²) in [5, 5.41) is 0. The molecule has 0 bridgehead atoms. The van der Waals surface area contributed by atoms with E-state index in [2.05, 4.69) is 26.8 Å². The molecule has 0 N–H and O–H groups in total. The molecule has 0 rings (SSSR count). The van der Waals surface area contributed by atoms with Crippen LogP contribution in [0.15, 0.2) is 11.6 Å². The molecule has 0 heteroatoms. The summed E-state index contributed by atoms with van der Waals surface area (Å²) in [6.45, 7) is 8.01. The lowest BCUT2D eigenvalue weighted by Crippen LogP contribution is -1.74. The van der Waals surface area contributed by atoms with Gasteiger partial charge in [0, 0.05) is 0 Å². The van der Waals surface area contributed by atoms with Crippen molar-refractivity contribution in [3.63, 3.8) is 0 Å². The molecule has 0 unspecified atom stereocenters. The Morgan fingerprint density at radius 2 is 2.25 bits per heavy atom. The molecule has 0 aliphatic carbocycles. The van der Waals surface area contributed by atoms with E-state index in [4.69, 9.17) is 0 Å². The van der Waals surface area contributed by atoms with E-state index in [1.54, 1.807) is 0 Å². The van der Waals surface area contributed by atoms with Gasteiger partial charge in [-0.15, -0.1) is 0 Å². The Labute approximate surface area is 52.6 Å². The van der Waals surface area contributed by atoms with Crippen LogP contribution in [0.5, 0.6) is 0 Å². The average Bonchev–Trinajstić information content (AvgIpc) is 1.83. The smallest absolute Gasteiger partial charge is 0.0323 e. The van der Waals surface area contributed by atoms with Crippen molar-refractivity contribution in [3.8, 4) is 0 Å². The van der Waals surface area contributed by atoms with Crippen molar-refractivity contribution in [2.24, 2.45) is 0 Å². The molecule has 0 aliphatic heterocycles. The van der Waals surface area contributed by atoms with Crippen molar-refractivity contribution in [2.45, 2.75) is 33.1 Å². The van der Waals surface area contributed by atoms with Gasteiger partial charge in [0.15, 0.2) is 0 Å². The van der Waals surface area contributed by atoms with Crippen LogP contribution in [0.1, 0.15) is 33.1 Å². The largest absolute Gasteiger partial charge is 0.0887 e. The third-order valence-electron chi connectivity index (χ3n) is 1.31. The highest BCUT2D eigenvalue weighted by molar-refractivity contribution is 4.94. The fourth-order valence-electron chi connectivity index (χ4n) is 0.548. The fourth-order valence-corrected chi connectivity index (χ4v) is 0.548. The Morgan fingerprint density at radius 3 is 2.62 bits per heavy atom. The second kappa shape index (κ2) is 4.89. The number of hydrogen-bond acceptors (Lipinski definition) is 0. The van der Waals surface area contributed by atoms with Gasteiger partial charge in [0.05, 0.1) is 0 Å². The molecule has 0 amide bonds. The molecule has 0 saturated heterocycles. The topological polar surface area (TPSA) is 0 Å². The SMILES string of the molecule is [CH2]CCCC(C)=CC. The lowest BCUT2D eigenvalue weighted by atomic mass is 10.1. The van der Waals surface area contributed by atoms with Gasteiger partial charge < -0.3 is 0 Å². The monoisotopic (exact) mass is 111 g/mol. The van der Waals surface area contributed by atoms with Crippen molar-refractivity contribution in [2.75, 3.05) is 0 Å². The summed E-state index contributed by atoms with van der Waals surface area (Å²) < 4.78 is 0. The number of hydrogen-bond donors (Lipinski definition) is 0. The quantitative estimate of drug-likeness (QED) is 0.491. The van der Waals surface area contributed by atoms with E-state index in [0.29, 0.717) is 0 Å². The summed E-state index contributed by atoms with van der Waals surface area (Å²) in [4.78, 5) is 0. The van der Waals surface area contributed by atoms with Crippen molar-refractivity contribution in [1.29, 1.82) is 0 Å². The van der Waals surface area contributed by atoms with E-state index in [0.717, 1.165) is 6.42 Å². The first kappa shape index (κ1) is 7.74. The molecule has 0 aromatic rings. The molecular formula is C8H15. The highest BCUT2D eigenvalue weighted by Crippen LogP contribution is 2.04. The zero-order valence-electron chi connectivity index (χ0n) is 5.91. The number of rotatable bonds is 3. The van der Waals surface area contributed by atoms with Crippen LogP contribution in [0, 0.1) is 6.92 Å². The van der Waals surface area contributed by atoms with Crippen LogP contribution in [-0.2, 0) is 0 Å². The maximum atomic E-state index is 3.76. The van der Waals surface area contributed by atoms with E-state index < -0.39 is 0 Å². The highest BCUT2D eigenvalue weighted by Gasteiger charge is 1.83. The normalized spacial score (nSPS) is 12.1. The van der Waals surface area contributed by atoms with Crippen molar-refractivity contribution >= 4 is 0 Å². The van der Waals surface area contributed by atoms with Gasteiger partial charge in [-0.2, -0.15) is 0 Å². The van der Waals surface area contributed by atoms with Gasteiger partial charge in [0.2, 0.25) is 0 Å². The minimum Gasteiger partial charge on any atom is -0.0887 e. The molecule has 8 heavy (non-hydrogen) atoms. The molecular weight excluding hydrogens is 96.1 g/mol. The molecule has 47 valence electrons. The summed E-state index contributed by atoms with van der Waals surface area (Å²) in [6, 6.07) is 0. The highest BCUT2D eigenvalue weighted by atomic mass is 13.9. The van der Waals surface area contributed by atoms with Crippen LogP contribution in [-0.4, -0.2) is 0 Å². The lowest BCUT2D eigenvalue weighted by Gasteiger charge is -1.94. The van der Waals surface area contributed by atoms with Gasteiger partial charge in [-0.1, -0.05) is 25.0 Å². The molecule has 0 saturated carbocycles. The van der Waals surface area contributed by atoms with Gasteiger partial charge in [-0.05, 0) is 26.7 Å². The number of allylic oxidation sites excluding steroid dienone is 2. The molecule has 0 fully saturated rings. The fraction of sp³-hybridized carbons (Fsp3) is 0.625. The van der Waals surface area contributed by atoms with Crippen LogP contribution in [0.2, 0.25) is 0 Å². The molecule has 0 aliphatic rings. The van der Waals surface area contributed by atoms with Crippen LogP contribution in [0.3, 0.4) is 0 Å². The van der Waals surface area contributed by atoms with Gasteiger partial charge >= 0.3 is 0 Å². The summed E-state index contributed by atoms with van der Waals surface area (Å²) in [6.07, 6.45) is 5.68. The Balaban J connectivity index is 3.12. The predicted octanol–water partition coefficient (Wildman–Crippen LogP) is 2.96. The third kappa shape index (κ3) is 3.91. The molecule has 0 aromatic heterocycles. The van der Waals surface area contributed by atoms with Crippen molar-refractivity contribution in [1.82, 2.24) is 0 Å². The van der Waals surface area contributed by atoms with Gasteiger partial charge in [-0.25, -0.2) is 0 Å². The Morgan fingerprint density at radius 1 is 1.62 bits per heavy atom. The molecule has 1 radical (unpaired) electrons. The van der Waals surface area contributed by atoms with E-state index in [-0.39, 0.29) is 0 Å². The van der Waals surface area contributed by atoms with E-state index in [1.807, 2.05) is 0 Å². The summed E-state index contributed by atoms with van der Waals surface area (Å²) >= 11 is 0.